The highest BCUT2D eigenvalue weighted by atomic mass is 16.3. The van der Waals surface area contributed by atoms with E-state index in [1.54, 1.807) is 0 Å². The number of amides is 1. The van der Waals surface area contributed by atoms with Crippen molar-refractivity contribution in [3.8, 4) is 0 Å². The maximum atomic E-state index is 12.0. The second-order valence-electron chi connectivity index (χ2n) is 6.18. The summed E-state index contributed by atoms with van der Waals surface area (Å²) in [6.45, 7) is 8.39. The molecule has 1 aromatic carbocycles. The zero-order valence-corrected chi connectivity index (χ0v) is 12.3. The molecule has 0 saturated carbocycles. The summed E-state index contributed by atoms with van der Waals surface area (Å²) in [4.78, 5) is 12.0. The quantitative estimate of drug-likeness (QED) is 0.858. The van der Waals surface area contributed by atoms with E-state index in [2.05, 4.69) is 33.0 Å². The summed E-state index contributed by atoms with van der Waals surface area (Å²) in [7, 11) is 0. The van der Waals surface area contributed by atoms with Gasteiger partial charge in [0.15, 0.2) is 0 Å². The van der Waals surface area contributed by atoms with Crippen molar-refractivity contribution in [2.24, 2.45) is 11.3 Å². The molecule has 0 aliphatic heterocycles. The number of hydrogen-bond acceptors (Lipinski definition) is 2. The van der Waals surface area contributed by atoms with Crippen LogP contribution in [0.1, 0.15) is 45.7 Å². The Morgan fingerprint density at radius 2 is 1.84 bits per heavy atom. The van der Waals surface area contributed by atoms with Crippen LogP contribution in [-0.2, 0) is 4.79 Å². The summed E-state index contributed by atoms with van der Waals surface area (Å²) in [6, 6.07) is 9.23. The van der Waals surface area contributed by atoms with Gasteiger partial charge in [-0.15, -0.1) is 0 Å². The zero-order chi connectivity index (χ0) is 14.5. The predicted molar refractivity (Wildman–Crippen MR) is 77.6 cm³/mol. The van der Waals surface area contributed by atoms with E-state index >= 15 is 0 Å². The highest BCUT2D eigenvalue weighted by Gasteiger charge is 2.23. The zero-order valence-electron chi connectivity index (χ0n) is 12.3. The van der Waals surface area contributed by atoms with Crippen LogP contribution in [0.2, 0.25) is 0 Å². The SMILES string of the molecule is CC(CC(=O)N[C@H](CO)c1ccccc1)C(C)(C)C. The van der Waals surface area contributed by atoms with Gasteiger partial charge in [0.05, 0.1) is 12.6 Å². The molecule has 0 bridgehead atoms. The Labute approximate surface area is 116 Å². The second kappa shape index (κ2) is 6.71. The lowest BCUT2D eigenvalue weighted by molar-refractivity contribution is -0.123. The first-order chi connectivity index (χ1) is 8.84. The molecule has 1 aromatic rings. The average molecular weight is 263 g/mol. The predicted octanol–water partition coefficient (Wildman–Crippen LogP) is 2.91. The van der Waals surface area contributed by atoms with Gasteiger partial charge in [-0.25, -0.2) is 0 Å². The number of benzene rings is 1. The lowest BCUT2D eigenvalue weighted by atomic mass is 9.80. The molecule has 0 radical (unpaired) electrons. The maximum absolute atomic E-state index is 12.0. The second-order valence-corrected chi connectivity index (χ2v) is 6.18. The Hall–Kier alpha value is -1.35. The van der Waals surface area contributed by atoms with E-state index in [1.807, 2.05) is 30.3 Å². The molecule has 3 heteroatoms. The fourth-order valence-corrected chi connectivity index (χ4v) is 1.76. The molecule has 0 aliphatic carbocycles. The molecule has 2 atom stereocenters. The van der Waals surface area contributed by atoms with Crippen LogP contribution in [0.5, 0.6) is 0 Å². The molecule has 0 heterocycles. The van der Waals surface area contributed by atoms with Crippen molar-refractivity contribution in [1.82, 2.24) is 5.32 Å². The number of rotatable bonds is 5. The van der Waals surface area contributed by atoms with Gasteiger partial charge in [0.25, 0.3) is 0 Å². The highest BCUT2D eigenvalue weighted by molar-refractivity contribution is 5.76. The van der Waals surface area contributed by atoms with Crippen molar-refractivity contribution >= 4 is 5.91 Å². The molecule has 0 aliphatic rings. The maximum Gasteiger partial charge on any atom is 0.220 e. The molecule has 1 unspecified atom stereocenters. The third-order valence-corrected chi connectivity index (χ3v) is 3.69. The Bertz CT molecular complexity index is 395. The van der Waals surface area contributed by atoms with Crippen LogP contribution in [0, 0.1) is 11.3 Å². The van der Waals surface area contributed by atoms with E-state index < -0.39 is 0 Å². The normalized spacial score (nSPS) is 14.8. The Morgan fingerprint density at radius 1 is 1.26 bits per heavy atom. The third kappa shape index (κ3) is 5.03. The molecular formula is C16H25NO2. The van der Waals surface area contributed by atoms with Gasteiger partial charge in [-0.1, -0.05) is 58.0 Å². The smallest absolute Gasteiger partial charge is 0.220 e. The summed E-state index contributed by atoms with van der Waals surface area (Å²) in [6.07, 6.45) is 0.479. The van der Waals surface area contributed by atoms with Crippen LogP contribution in [0.25, 0.3) is 0 Å². The van der Waals surface area contributed by atoms with Gasteiger partial charge in [0, 0.05) is 6.42 Å². The number of nitrogens with one attached hydrogen (secondary N) is 1. The summed E-state index contributed by atoms with van der Waals surface area (Å²) in [5.74, 6) is 0.285. The highest BCUT2D eigenvalue weighted by Crippen LogP contribution is 2.28. The molecule has 0 spiro atoms. The van der Waals surface area contributed by atoms with Gasteiger partial charge >= 0.3 is 0 Å². The summed E-state index contributed by atoms with van der Waals surface area (Å²) >= 11 is 0. The molecule has 1 amide bonds. The van der Waals surface area contributed by atoms with Crippen molar-refractivity contribution in [3.05, 3.63) is 35.9 Å². The van der Waals surface area contributed by atoms with Gasteiger partial charge < -0.3 is 10.4 Å². The van der Waals surface area contributed by atoms with Crippen molar-refractivity contribution in [1.29, 1.82) is 0 Å². The Balaban J connectivity index is 2.60. The summed E-state index contributed by atoms with van der Waals surface area (Å²) in [5.41, 5.74) is 1.04. The first kappa shape index (κ1) is 15.7. The molecule has 2 N–H and O–H groups in total. The number of aliphatic hydroxyl groups excluding tert-OH is 1. The Morgan fingerprint density at radius 3 is 2.32 bits per heavy atom. The van der Waals surface area contributed by atoms with Crippen LogP contribution in [0.3, 0.4) is 0 Å². The lowest BCUT2D eigenvalue weighted by Crippen LogP contribution is -2.33. The molecule has 0 saturated heterocycles. The average Bonchev–Trinajstić information content (AvgIpc) is 2.35. The number of aliphatic hydroxyl groups is 1. The monoisotopic (exact) mass is 263 g/mol. The van der Waals surface area contributed by atoms with E-state index in [1.165, 1.54) is 0 Å². The molecule has 106 valence electrons. The number of hydrogen-bond donors (Lipinski definition) is 2. The van der Waals surface area contributed by atoms with Crippen LogP contribution in [0.4, 0.5) is 0 Å². The van der Waals surface area contributed by atoms with Gasteiger partial charge in [0.1, 0.15) is 0 Å². The van der Waals surface area contributed by atoms with E-state index in [-0.39, 0.29) is 24.0 Å². The van der Waals surface area contributed by atoms with E-state index in [0.29, 0.717) is 12.3 Å². The topological polar surface area (TPSA) is 49.3 Å². The van der Waals surface area contributed by atoms with Gasteiger partial charge in [0.2, 0.25) is 5.91 Å². The molecular weight excluding hydrogens is 238 g/mol. The summed E-state index contributed by atoms with van der Waals surface area (Å²) in [5, 5.41) is 12.3. The standard InChI is InChI=1S/C16H25NO2/c1-12(16(2,3)4)10-15(19)17-14(11-18)13-8-6-5-7-9-13/h5-9,12,14,18H,10-11H2,1-4H3,(H,17,19)/t12?,14-/m1/s1. The van der Waals surface area contributed by atoms with Crippen molar-refractivity contribution in [3.63, 3.8) is 0 Å². The van der Waals surface area contributed by atoms with Crippen LogP contribution in [-0.4, -0.2) is 17.6 Å². The minimum atomic E-state index is -0.319. The lowest BCUT2D eigenvalue weighted by Gasteiger charge is -2.27. The van der Waals surface area contributed by atoms with Crippen LogP contribution >= 0.6 is 0 Å². The first-order valence-corrected chi connectivity index (χ1v) is 6.79. The fraction of sp³-hybridized carbons (Fsp3) is 0.562. The fourth-order valence-electron chi connectivity index (χ4n) is 1.76. The Kier molecular flexibility index (Phi) is 5.55. The molecule has 19 heavy (non-hydrogen) atoms. The molecule has 1 rings (SSSR count). The van der Waals surface area contributed by atoms with Gasteiger partial charge in [-0.3, -0.25) is 4.79 Å². The van der Waals surface area contributed by atoms with Crippen molar-refractivity contribution in [2.45, 2.75) is 40.2 Å². The van der Waals surface area contributed by atoms with E-state index in [0.717, 1.165) is 5.56 Å². The van der Waals surface area contributed by atoms with Crippen LogP contribution < -0.4 is 5.32 Å². The van der Waals surface area contributed by atoms with Gasteiger partial charge in [-0.2, -0.15) is 0 Å². The first-order valence-electron chi connectivity index (χ1n) is 6.79. The minimum Gasteiger partial charge on any atom is -0.394 e. The third-order valence-electron chi connectivity index (χ3n) is 3.69. The van der Waals surface area contributed by atoms with E-state index in [9.17, 15) is 9.90 Å². The minimum absolute atomic E-state index is 0.00896. The van der Waals surface area contributed by atoms with Crippen molar-refractivity contribution in [2.75, 3.05) is 6.61 Å². The molecule has 0 fully saturated rings. The number of carbonyl (C=O) groups is 1. The molecule has 3 nitrogen and oxygen atoms in total. The van der Waals surface area contributed by atoms with Gasteiger partial charge in [-0.05, 0) is 16.9 Å². The van der Waals surface area contributed by atoms with Crippen LogP contribution in [0.15, 0.2) is 30.3 Å². The molecule has 0 aromatic heterocycles. The van der Waals surface area contributed by atoms with E-state index in [4.69, 9.17) is 0 Å². The largest absolute Gasteiger partial charge is 0.394 e. The van der Waals surface area contributed by atoms with Crippen molar-refractivity contribution < 1.29 is 9.90 Å². The number of carbonyl (C=O) groups excluding carboxylic acids is 1. The summed E-state index contributed by atoms with van der Waals surface area (Å²) < 4.78 is 0.